The molecule has 2 saturated heterocycles. The van der Waals surface area contributed by atoms with Crippen LogP contribution in [0.4, 0.5) is 11.4 Å². The molecule has 49 heavy (non-hydrogen) atoms. The number of ether oxygens (including phenoxy) is 4. The summed E-state index contributed by atoms with van der Waals surface area (Å²) in [4.78, 5) is 25.0. The maximum Gasteiger partial charge on any atom is 0.162 e. The van der Waals surface area contributed by atoms with Crippen LogP contribution in [-0.2, 0) is 4.79 Å². The average Bonchev–Trinajstić information content (AvgIpc) is 4.10. The summed E-state index contributed by atoms with van der Waals surface area (Å²) < 4.78 is 21.6. The van der Waals surface area contributed by atoms with Gasteiger partial charge in [0.05, 0.1) is 39.5 Å². The Labute approximate surface area is 289 Å². The van der Waals surface area contributed by atoms with Crippen molar-refractivity contribution in [3.8, 4) is 23.0 Å². The van der Waals surface area contributed by atoms with Gasteiger partial charge in [-0.15, -0.1) is 0 Å². The molecular weight excluding hydrogens is 620 g/mol. The van der Waals surface area contributed by atoms with Gasteiger partial charge in [0, 0.05) is 104 Å². The molecule has 3 N–H and O–H groups in total. The number of hydrogen-bond acceptors (Lipinski definition) is 11. The SMILES string of the molecule is COc1cc2nccc(N3CCC(=O)CC3)c2cc1OC.COc1cc2nccc(N3CCC(NC4CC4)CC3)c2cc1OC.NC1CC1. The number of hydrogen-bond donors (Lipinski definition) is 2. The van der Waals surface area contributed by atoms with Gasteiger partial charge in [0.2, 0.25) is 0 Å². The minimum atomic E-state index is 0.337. The maximum absolute atomic E-state index is 11.4. The fourth-order valence-electron chi connectivity index (χ4n) is 6.43. The van der Waals surface area contributed by atoms with E-state index in [1.807, 2.05) is 36.5 Å². The van der Waals surface area contributed by atoms with E-state index in [2.05, 4.69) is 31.2 Å². The molecule has 8 rings (SSSR count). The second kappa shape index (κ2) is 15.9. The number of methoxy groups -OCH3 is 4. The standard InChI is InChI=1S/C19H25N3O2.C16H18N2O3.C3H7N/c1-23-18-11-15-16(12-19(18)24-2)20-8-5-17(15)22-9-6-14(7-10-22)21-13-3-4-13;1-20-15-9-12-13(10-16(15)21-2)17-6-3-14(12)18-7-4-11(19)5-8-18;4-3-1-2-3/h5,8,11-14,21H,3-4,6-7,9-10H2,1-2H3;3,6,9-10H,4-5,7-8H2,1-2H3;3H,1-2,4H2. The Morgan fingerprint density at radius 2 is 1.04 bits per heavy atom. The number of benzene rings is 2. The zero-order chi connectivity index (χ0) is 34.3. The van der Waals surface area contributed by atoms with E-state index in [1.165, 1.54) is 44.2 Å². The van der Waals surface area contributed by atoms with Gasteiger partial charge in [0.1, 0.15) is 5.78 Å². The number of Topliss-reactive ketones (excluding diaryl/α,β-unsaturated/α-hetero) is 1. The number of nitrogens with one attached hydrogen (secondary N) is 1. The predicted molar refractivity (Wildman–Crippen MR) is 195 cm³/mol. The predicted octanol–water partition coefficient (Wildman–Crippen LogP) is 5.50. The van der Waals surface area contributed by atoms with Crippen molar-refractivity contribution in [3.63, 3.8) is 0 Å². The average molecular weight is 671 g/mol. The third-order valence-corrected chi connectivity index (χ3v) is 9.62. The van der Waals surface area contributed by atoms with E-state index in [9.17, 15) is 4.79 Å². The molecule has 4 aliphatic rings. The van der Waals surface area contributed by atoms with Crippen LogP contribution >= 0.6 is 0 Å². The maximum atomic E-state index is 11.4. The first-order valence-corrected chi connectivity index (χ1v) is 17.5. The molecule has 2 aromatic heterocycles. The molecule has 2 aliphatic heterocycles. The quantitative estimate of drug-likeness (QED) is 0.247. The number of nitrogens with zero attached hydrogens (tertiary/aromatic N) is 4. The van der Waals surface area contributed by atoms with Crippen molar-refractivity contribution >= 4 is 39.0 Å². The van der Waals surface area contributed by atoms with Crippen molar-refractivity contribution in [2.24, 2.45) is 5.73 Å². The smallest absolute Gasteiger partial charge is 0.162 e. The van der Waals surface area contributed by atoms with E-state index < -0.39 is 0 Å². The Morgan fingerprint density at radius 3 is 1.45 bits per heavy atom. The van der Waals surface area contributed by atoms with Gasteiger partial charge in [0.25, 0.3) is 0 Å². The molecule has 4 heterocycles. The largest absolute Gasteiger partial charge is 0.493 e. The monoisotopic (exact) mass is 670 g/mol. The van der Waals surface area contributed by atoms with Crippen LogP contribution in [0.15, 0.2) is 48.8 Å². The summed E-state index contributed by atoms with van der Waals surface area (Å²) >= 11 is 0. The van der Waals surface area contributed by atoms with Crippen LogP contribution in [0, 0.1) is 0 Å². The Morgan fingerprint density at radius 1 is 0.633 bits per heavy atom. The number of pyridine rings is 2. The van der Waals surface area contributed by atoms with Gasteiger partial charge in [-0.3, -0.25) is 14.8 Å². The van der Waals surface area contributed by atoms with Crippen LogP contribution in [0.25, 0.3) is 21.8 Å². The van der Waals surface area contributed by atoms with E-state index in [-0.39, 0.29) is 0 Å². The molecule has 2 saturated carbocycles. The normalized spacial score (nSPS) is 17.9. The van der Waals surface area contributed by atoms with E-state index in [0.29, 0.717) is 42.2 Å². The number of carbonyl (C=O) groups is 1. The Hall–Kier alpha value is -4.35. The number of nitrogens with two attached hydrogens (primary N) is 1. The number of fused-ring (bicyclic) bond motifs is 2. The zero-order valence-electron chi connectivity index (χ0n) is 29.2. The third-order valence-electron chi connectivity index (χ3n) is 9.62. The minimum Gasteiger partial charge on any atom is -0.493 e. The van der Waals surface area contributed by atoms with Gasteiger partial charge in [-0.05, 0) is 62.8 Å². The van der Waals surface area contributed by atoms with Crippen LogP contribution in [-0.4, -0.2) is 88.5 Å². The molecule has 262 valence electrons. The van der Waals surface area contributed by atoms with Crippen molar-refractivity contribution in [1.29, 1.82) is 0 Å². The molecule has 0 unspecified atom stereocenters. The van der Waals surface area contributed by atoms with Crippen LogP contribution in [0.1, 0.15) is 51.4 Å². The van der Waals surface area contributed by atoms with E-state index >= 15 is 0 Å². The van der Waals surface area contributed by atoms with Crippen molar-refractivity contribution < 1.29 is 23.7 Å². The molecule has 0 spiro atoms. The summed E-state index contributed by atoms with van der Waals surface area (Å²) in [6.07, 6.45) is 12.5. The first-order valence-electron chi connectivity index (χ1n) is 17.5. The van der Waals surface area contributed by atoms with Crippen molar-refractivity contribution in [1.82, 2.24) is 15.3 Å². The lowest BCUT2D eigenvalue weighted by atomic mass is 10.0. The van der Waals surface area contributed by atoms with Gasteiger partial charge in [-0.25, -0.2) is 0 Å². The van der Waals surface area contributed by atoms with Crippen LogP contribution in [0.2, 0.25) is 0 Å². The molecule has 11 heteroatoms. The van der Waals surface area contributed by atoms with Crippen molar-refractivity contribution in [2.75, 3.05) is 64.4 Å². The number of piperidine rings is 2. The molecule has 0 atom stereocenters. The summed E-state index contributed by atoms with van der Waals surface area (Å²) in [5.41, 5.74) is 9.37. The lowest BCUT2D eigenvalue weighted by molar-refractivity contribution is -0.119. The van der Waals surface area contributed by atoms with Crippen LogP contribution in [0.3, 0.4) is 0 Å². The highest BCUT2D eigenvalue weighted by atomic mass is 16.5. The number of aromatic nitrogens is 2. The van der Waals surface area contributed by atoms with Gasteiger partial charge in [0.15, 0.2) is 23.0 Å². The highest BCUT2D eigenvalue weighted by molar-refractivity contribution is 5.95. The molecule has 2 aromatic carbocycles. The van der Waals surface area contributed by atoms with Crippen molar-refractivity contribution in [2.45, 2.75) is 69.5 Å². The van der Waals surface area contributed by atoms with Gasteiger partial charge in [-0.2, -0.15) is 0 Å². The lowest BCUT2D eigenvalue weighted by Gasteiger charge is -2.34. The number of rotatable bonds is 8. The van der Waals surface area contributed by atoms with E-state index in [0.717, 1.165) is 71.2 Å². The molecular formula is C38H50N6O5. The molecule has 4 aromatic rings. The molecule has 0 radical (unpaired) electrons. The zero-order valence-corrected chi connectivity index (χ0v) is 29.2. The molecule has 4 fully saturated rings. The van der Waals surface area contributed by atoms with Crippen LogP contribution < -0.4 is 39.8 Å². The summed E-state index contributed by atoms with van der Waals surface area (Å²) in [5, 5.41) is 5.91. The van der Waals surface area contributed by atoms with E-state index in [1.54, 1.807) is 34.6 Å². The highest BCUT2D eigenvalue weighted by Crippen LogP contribution is 2.38. The number of ketones is 1. The van der Waals surface area contributed by atoms with Gasteiger partial charge >= 0.3 is 0 Å². The Bertz CT molecular complexity index is 1730. The third kappa shape index (κ3) is 8.63. The second-order valence-electron chi connectivity index (χ2n) is 13.2. The van der Waals surface area contributed by atoms with Gasteiger partial charge in [-0.1, -0.05) is 0 Å². The lowest BCUT2D eigenvalue weighted by Crippen LogP contribution is -2.43. The fourth-order valence-corrected chi connectivity index (χ4v) is 6.43. The van der Waals surface area contributed by atoms with Crippen LogP contribution in [0.5, 0.6) is 23.0 Å². The molecule has 11 nitrogen and oxygen atoms in total. The summed E-state index contributed by atoms with van der Waals surface area (Å²) in [7, 11) is 6.57. The van der Waals surface area contributed by atoms with Crippen molar-refractivity contribution in [3.05, 3.63) is 48.8 Å². The summed E-state index contributed by atoms with van der Waals surface area (Å²) in [5.74, 6) is 3.17. The summed E-state index contributed by atoms with van der Waals surface area (Å²) in [6.45, 7) is 3.67. The number of carbonyl (C=O) groups excluding carboxylic acids is 1. The molecule has 2 aliphatic carbocycles. The summed E-state index contributed by atoms with van der Waals surface area (Å²) in [6, 6.07) is 14.0. The Balaban J connectivity index is 0.000000154. The first-order chi connectivity index (χ1) is 23.9. The van der Waals surface area contributed by atoms with E-state index in [4.69, 9.17) is 24.7 Å². The second-order valence-corrected chi connectivity index (χ2v) is 13.2. The van der Waals surface area contributed by atoms with Gasteiger partial charge < -0.3 is 39.8 Å². The molecule has 0 amide bonds. The molecule has 0 bridgehead atoms. The Kier molecular flexibility index (Phi) is 11.2. The minimum absolute atomic E-state index is 0.337. The topological polar surface area (TPSA) is 124 Å². The fraction of sp³-hybridized carbons (Fsp3) is 0.500. The highest BCUT2D eigenvalue weighted by Gasteiger charge is 2.28. The first kappa shape index (κ1) is 34.5. The number of anilines is 2.